The molecule has 0 aromatic heterocycles. The molecule has 0 atom stereocenters. The van der Waals surface area contributed by atoms with Crippen molar-refractivity contribution in [2.75, 3.05) is 25.1 Å². The Balaban J connectivity index is 1.97. The average Bonchev–Trinajstić information content (AvgIpc) is 2.64. The highest BCUT2D eigenvalue weighted by molar-refractivity contribution is 9.10. The molecular formula is C20H24BrNO4. The van der Waals surface area contributed by atoms with Crippen molar-refractivity contribution in [3.63, 3.8) is 0 Å². The molecule has 1 N–H and O–H groups in total. The second kappa shape index (κ2) is 10.7. The topological polar surface area (TPSA) is 56.8 Å². The van der Waals surface area contributed by atoms with E-state index in [-0.39, 0.29) is 12.5 Å². The highest BCUT2D eigenvalue weighted by Gasteiger charge is 2.10. The van der Waals surface area contributed by atoms with E-state index in [0.29, 0.717) is 36.1 Å². The Morgan fingerprint density at radius 1 is 0.962 bits per heavy atom. The van der Waals surface area contributed by atoms with Gasteiger partial charge in [-0.15, -0.1) is 0 Å². The van der Waals surface area contributed by atoms with Crippen LogP contribution in [0.15, 0.2) is 46.9 Å². The van der Waals surface area contributed by atoms with Crippen molar-refractivity contribution in [3.8, 4) is 17.2 Å². The van der Waals surface area contributed by atoms with Crippen LogP contribution in [0.25, 0.3) is 0 Å². The van der Waals surface area contributed by atoms with Crippen LogP contribution < -0.4 is 19.5 Å². The molecule has 0 unspecified atom stereocenters. The molecular weight excluding hydrogens is 398 g/mol. The first-order valence-electron chi connectivity index (χ1n) is 8.70. The van der Waals surface area contributed by atoms with Crippen LogP contribution in [-0.4, -0.2) is 25.7 Å². The largest absolute Gasteiger partial charge is 0.490 e. The summed E-state index contributed by atoms with van der Waals surface area (Å²) < 4.78 is 17.8. The zero-order valence-electron chi connectivity index (χ0n) is 15.1. The Labute approximate surface area is 162 Å². The van der Waals surface area contributed by atoms with Gasteiger partial charge in [-0.2, -0.15) is 0 Å². The van der Waals surface area contributed by atoms with Gasteiger partial charge in [0.05, 0.1) is 13.2 Å². The summed E-state index contributed by atoms with van der Waals surface area (Å²) in [6.07, 6.45) is 1.81. The summed E-state index contributed by atoms with van der Waals surface area (Å²) in [7, 11) is 0. The molecule has 0 saturated heterocycles. The van der Waals surface area contributed by atoms with Crippen molar-refractivity contribution >= 4 is 27.5 Å². The monoisotopic (exact) mass is 421 g/mol. The molecule has 0 heterocycles. The average molecular weight is 422 g/mol. The second-order valence-electron chi connectivity index (χ2n) is 5.65. The van der Waals surface area contributed by atoms with Crippen molar-refractivity contribution in [1.29, 1.82) is 0 Å². The predicted octanol–water partition coefficient (Wildman–Crippen LogP) is 5.04. The van der Waals surface area contributed by atoms with Gasteiger partial charge in [0.25, 0.3) is 5.91 Å². The fourth-order valence-corrected chi connectivity index (χ4v) is 2.52. The highest BCUT2D eigenvalue weighted by atomic mass is 79.9. The summed E-state index contributed by atoms with van der Waals surface area (Å²) >= 11 is 3.37. The number of hydrogen-bond acceptors (Lipinski definition) is 4. The van der Waals surface area contributed by atoms with E-state index in [1.165, 1.54) is 0 Å². The SMILES string of the molecule is CCCOc1ccc(NC(=O)COc2cccc(Br)c2)cc1OCCC. The number of amides is 1. The molecule has 0 aliphatic heterocycles. The lowest BCUT2D eigenvalue weighted by Crippen LogP contribution is -2.20. The van der Waals surface area contributed by atoms with Crippen LogP contribution in [0.4, 0.5) is 5.69 Å². The molecule has 6 heteroatoms. The third-order valence-corrected chi connectivity index (χ3v) is 3.81. The molecule has 26 heavy (non-hydrogen) atoms. The van der Waals surface area contributed by atoms with Crippen LogP contribution in [0.1, 0.15) is 26.7 Å². The molecule has 2 aromatic rings. The van der Waals surface area contributed by atoms with Gasteiger partial charge in [-0.05, 0) is 43.2 Å². The smallest absolute Gasteiger partial charge is 0.262 e. The molecule has 0 bridgehead atoms. The van der Waals surface area contributed by atoms with Crippen LogP contribution in [0, 0.1) is 0 Å². The minimum absolute atomic E-state index is 0.0737. The minimum Gasteiger partial charge on any atom is -0.490 e. The number of hydrogen-bond donors (Lipinski definition) is 1. The van der Waals surface area contributed by atoms with Gasteiger partial charge in [0.1, 0.15) is 5.75 Å². The first-order chi connectivity index (χ1) is 12.6. The quantitative estimate of drug-likeness (QED) is 0.583. The molecule has 2 rings (SSSR count). The van der Waals surface area contributed by atoms with E-state index in [2.05, 4.69) is 21.2 Å². The first-order valence-corrected chi connectivity index (χ1v) is 9.49. The number of benzene rings is 2. The Hall–Kier alpha value is -2.21. The lowest BCUT2D eigenvalue weighted by atomic mass is 10.2. The van der Waals surface area contributed by atoms with E-state index < -0.39 is 0 Å². The fraction of sp³-hybridized carbons (Fsp3) is 0.350. The van der Waals surface area contributed by atoms with Gasteiger partial charge in [-0.25, -0.2) is 0 Å². The summed E-state index contributed by atoms with van der Waals surface area (Å²) in [5.41, 5.74) is 0.641. The van der Waals surface area contributed by atoms with Gasteiger partial charge in [-0.3, -0.25) is 4.79 Å². The number of ether oxygens (including phenoxy) is 3. The molecule has 2 aromatic carbocycles. The van der Waals surface area contributed by atoms with Gasteiger partial charge < -0.3 is 19.5 Å². The number of halogens is 1. The summed E-state index contributed by atoms with van der Waals surface area (Å²) in [6, 6.07) is 12.7. The number of rotatable bonds is 10. The van der Waals surface area contributed by atoms with E-state index in [9.17, 15) is 4.79 Å². The van der Waals surface area contributed by atoms with Crippen molar-refractivity contribution < 1.29 is 19.0 Å². The Morgan fingerprint density at radius 2 is 1.69 bits per heavy atom. The lowest BCUT2D eigenvalue weighted by Gasteiger charge is -2.14. The van der Waals surface area contributed by atoms with E-state index in [4.69, 9.17) is 14.2 Å². The maximum atomic E-state index is 12.1. The van der Waals surface area contributed by atoms with Gasteiger partial charge in [-0.1, -0.05) is 35.8 Å². The minimum atomic E-state index is -0.242. The molecule has 5 nitrogen and oxygen atoms in total. The summed E-state index contributed by atoms with van der Waals surface area (Å²) in [5.74, 6) is 1.70. The Kier molecular flexibility index (Phi) is 8.28. The molecule has 0 spiro atoms. The van der Waals surface area contributed by atoms with E-state index in [0.717, 1.165) is 17.3 Å². The van der Waals surface area contributed by atoms with E-state index in [1.54, 1.807) is 18.2 Å². The summed E-state index contributed by atoms with van der Waals surface area (Å²) in [5, 5.41) is 2.82. The second-order valence-corrected chi connectivity index (χ2v) is 6.57. The maximum Gasteiger partial charge on any atom is 0.262 e. The number of anilines is 1. The zero-order valence-corrected chi connectivity index (χ0v) is 16.7. The molecule has 0 aliphatic carbocycles. The molecule has 0 aliphatic rings. The van der Waals surface area contributed by atoms with Gasteiger partial charge in [0.2, 0.25) is 0 Å². The van der Waals surface area contributed by atoms with Crippen molar-refractivity contribution in [1.82, 2.24) is 0 Å². The molecule has 0 fully saturated rings. The fourth-order valence-electron chi connectivity index (χ4n) is 2.14. The third kappa shape index (κ3) is 6.59. The van der Waals surface area contributed by atoms with E-state index >= 15 is 0 Å². The van der Waals surface area contributed by atoms with Crippen molar-refractivity contribution in [2.24, 2.45) is 0 Å². The van der Waals surface area contributed by atoms with Crippen molar-refractivity contribution in [3.05, 3.63) is 46.9 Å². The van der Waals surface area contributed by atoms with Crippen LogP contribution >= 0.6 is 15.9 Å². The first kappa shape index (κ1) is 20.1. The van der Waals surface area contributed by atoms with Crippen LogP contribution in [-0.2, 0) is 4.79 Å². The molecule has 0 radical (unpaired) electrons. The highest BCUT2D eigenvalue weighted by Crippen LogP contribution is 2.31. The number of nitrogens with one attached hydrogen (secondary N) is 1. The molecule has 1 amide bonds. The third-order valence-electron chi connectivity index (χ3n) is 3.32. The molecule has 140 valence electrons. The van der Waals surface area contributed by atoms with Gasteiger partial charge in [0, 0.05) is 16.2 Å². The normalized spacial score (nSPS) is 10.3. The Bertz CT molecular complexity index is 721. The summed E-state index contributed by atoms with van der Waals surface area (Å²) in [4.78, 5) is 12.1. The maximum absolute atomic E-state index is 12.1. The van der Waals surface area contributed by atoms with Crippen molar-refractivity contribution in [2.45, 2.75) is 26.7 Å². The van der Waals surface area contributed by atoms with Gasteiger partial charge >= 0.3 is 0 Å². The lowest BCUT2D eigenvalue weighted by molar-refractivity contribution is -0.118. The van der Waals surface area contributed by atoms with Crippen LogP contribution in [0.5, 0.6) is 17.2 Å². The zero-order chi connectivity index (χ0) is 18.8. The number of carbonyl (C=O) groups excluding carboxylic acids is 1. The molecule has 0 saturated carbocycles. The number of carbonyl (C=O) groups is 1. The Morgan fingerprint density at radius 3 is 2.38 bits per heavy atom. The van der Waals surface area contributed by atoms with Crippen LogP contribution in [0.3, 0.4) is 0 Å². The standard InChI is InChI=1S/C20H24BrNO4/c1-3-10-24-18-9-8-16(13-19(18)25-11-4-2)22-20(23)14-26-17-7-5-6-15(21)12-17/h5-9,12-13H,3-4,10-11,14H2,1-2H3,(H,22,23). The predicted molar refractivity (Wildman–Crippen MR) is 106 cm³/mol. The van der Waals surface area contributed by atoms with E-state index in [1.807, 2.05) is 38.1 Å². The van der Waals surface area contributed by atoms with Gasteiger partial charge in [0.15, 0.2) is 18.1 Å². The summed E-state index contributed by atoms with van der Waals surface area (Å²) in [6.45, 7) is 5.22. The van der Waals surface area contributed by atoms with Crippen LogP contribution in [0.2, 0.25) is 0 Å².